The molecule has 0 fully saturated rings. The first kappa shape index (κ1) is 14.4. The third kappa shape index (κ3) is 3.93. The first-order valence-corrected chi connectivity index (χ1v) is 6.56. The smallest absolute Gasteiger partial charge is 0.321 e. The van der Waals surface area contributed by atoms with Crippen molar-refractivity contribution in [2.45, 2.75) is 11.8 Å². The number of aliphatic carboxylic acids is 1. The molecule has 1 aromatic rings. The Morgan fingerprint density at radius 2 is 2.18 bits per heavy atom. The largest absolute Gasteiger partial charge is 0.480 e. The number of hydrogen-bond donors (Lipinski definition) is 2. The molecule has 1 aromatic carbocycles. The Morgan fingerprint density at radius 1 is 1.53 bits per heavy atom. The first-order chi connectivity index (χ1) is 7.93. The summed E-state index contributed by atoms with van der Waals surface area (Å²) in [6.07, 6.45) is 0. The van der Waals surface area contributed by atoms with E-state index in [1.54, 1.807) is 0 Å². The highest BCUT2D eigenvalue weighted by Gasteiger charge is 2.15. The van der Waals surface area contributed by atoms with Gasteiger partial charge in [0.05, 0.1) is 4.47 Å². The van der Waals surface area contributed by atoms with Gasteiger partial charge in [0.2, 0.25) is 0 Å². The van der Waals surface area contributed by atoms with Gasteiger partial charge < -0.3 is 10.8 Å². The summed E-state index contributed by atoms with van der Waals surface area (Å²) in [6, 6.07) is 1.40. The predicted octanol–water partition coefficient (Wildman–Crippen LogP) is 2.37. The van der Waals surface area contributed by atoms with Gasteiger partial charge in [-0.05, 0) is 28.1 Å². The van der Waals surface area contributed by atoms with Crippen LogP contribution in [0.15, 0.2) is 16.6 Å². The molecule has 0 aliphatic rings. The highest BCUT2D eigenvalue weighted by atomic mass is 79.9. The van der Waals surface area contributed by atoms with E-state index in [1.165, 1.54) is 6.07 Å². The van der Waals surface area contributed by atoms with E-state index in [1.807, 2.05) is 0 Å². The third-order valence-electron chi connectivity index (χ3n) is 2.00. The van der Waals surface area contributed by atoms with Crippen molar-refractivity contribution in [2.24, 2.45) is 5.73 Å². The monoisotopic (exact) mass is 325 g/mol. The Morgan fingerprint density at radius 3 is 2.76 bits per heavy atom. The molecule has 1 atom stereocenters. The van der Waals surface area contributed by atoms with Gasteiger partial charge in [0.15, 0.2) is 0 Å². The van der Waals surface area contributed by atoms with Crippen LogP contribution in [0.25, 0.3) is 0 Å². The van der Waals surface area contributed by atoms with Gasteiger partial charge in [-0.1, -0.05) is 0 Å². The Bertz CT molecular complexity index is 431. The van der Waals surface area contributed by atoms with Crippen LogP contribution in [0, 0.1) is 11.6 Å². The number of carbonyl (C=O) groups is 1. The fourth-order valence-electron chi connectivity index (χ4n) is 1.06. The summed E-state index contributed by atoms with van der Waals surface area (Å²) in [7, 11) is 0. The maximum absolute atomic E-state index is 13.5. The molecule has 7 heteroatoms. The van der Waals surface area contributed by atoms with Crippen molar-refractivity contribution in [3.05, 3.63) is 33.8 Å². The number of carboxylic acid groups (broad SMARTS) is 1. The zero-order valence-electron chi connectivity index (χ0n) is 8.62. The van der Waals surface area contributed by atoms with E-state index >= 15 is 0 Å². The fraction of sp³-hybridized carbons (Fsp3) is 0.300. The van der Waals surface area contributed by atoms with Crippen LogP contribution in [0.2, 0.25) is 0 Å². The van der Waals surface area contributed by atoms with Crippen molar-refractivity contribution >= 4 is 33.7 Å². The maximum Gasteiger partial charge on any atom is 0.321 e. The average Bonchev–Trinajstić information content (AvgIpc) is 2.28. The summed E-state index contributed by atoms with van der Waals surface area (Å²) in [4.78, 5) is 10.4. The van der Waals surface area contributed by atoms with E-state index in [-0.39, 0.29) is 21.5 Å². The molecule has 0 spiro atoms. The van der Waals surface area contributed by atoms with E-state index < -0.39 is 23.6 Å². The topological polar surface area (TPSA) is 63.3 Å². The minimum absolute atomic E-state index is 0.0398. The third-order valence-corrected chi connectivity index (χ3v) is 3.70. The highest BCUT2D eigenvalue weighted by molar-refractivity contribution is 9.10. The Kier molecular flexibility index (Phi) is 5.35. The second-order valence-electron chi connectivity index (χ2n) is 3.28. The van der Waals surface area contributed by atoms with Crippen LogP contribution in [0.3, 0.4) is 0 Å². The molecule has 0 amide bonds. The van der Waals surface area contributed by atoms with Gasteiger partial charge in [0, 0.05) is 17.1 Å². The van der Waals surface area contributed by atoms with Gasteiger partial charge in [-0.25, -0.2) is 8.78 Å². The molecule has 0 radical (unpaired) electrons. The van der Waals surface area contributed by atoms with Crippen LogP contribution < -0.4 is 5.73 Å². The summed E-state index contributed by atoms with van der Waals surface area (Å²) in [5, 5.41) is 8.54. The van der Waals surface area contributed by atoms with Crippen molar-refractivity contribution in [2.75, 3.05) is 5.75 Å². The number of thioether (sulfide) groups is 1. The number of nitrogens with two attached hydrogens (primary N) is 1. The highest BCUT2D eigenvalue weighted by Crippen LogP contribution is 2.25. The maximum atomic E-state index is 13.5. The lowest BCUT2D eigenvalue weighted by atomic mass is 10.2. The van der Waals surface area contributed by atoms with Crippen molar-refractivity contribution < 1.29 is 18.7 Å². The zero-order valence-corrected chi connectivity index (χ0v) is 11.0. The molecule has 1 rings (SSSR count). The van der Waals surface area contributed by atoms with Crippen molar-refractivity contribution in [3.8, 4) is 0 Å². The molecule has 94 valence electrons. The zero-order chi connectivity index (χ0) is 13.0. The molecule has 0 saturated heterocycles. The summed E-state index contributed by atoms with van der Waals surface area (Å²) in [6.45, 7) is 0. The molecule has 3 N–H and O–H groups in total. The predicted molar refractivity (Wildman–Crippen MR) is 65.8 cm³/mol. The molecule has 17 heavy (non-hydrogen) atoms. The number of halogens is 3. The standard InChI is InChI=1S/C10H10BrF2NO2S/c11-6-1-2-7(12)5(9(6)13)3-17-4-8(14)10(15)16/h1-2,8H,3-4,14H2,(H,15,16)/t8-/m0/s1. The number of benzene rings is 1. The summed E-state index contributed by atoms with van der Waals surface area (Å²) >= 11 is 4.03. The molecule has 0 heterocycles. The van der Waals surface area contributed by atoms with Gasteiger partial charge >= 0.3 is 5.97 Å². The van der Waals surface area contributed by atoms with E-state index in [4.69, 9.17) is 10.8 Å². The minimum Gasteiger partial charge on any atom is -0.480 e. The van der Waals surface area contributed by atoms with Crippen molar-refractivity contribution in [3.63, 3.8) is 0 Å². The van der Waals surface area contributed by atoms with Crippen LogP contribution in [0.1, 0.15) is 5.56 Å². The van der Waals surface area contributed by atoms with Crippen LogP contribution in [-0.2, 0) is 10.5 Å². The van der Waals surface area contributed by atoms with Crippen LogP contribution in [-0.4, -0.2) is 22.9 Å². The second-order valence-corrected chi connectivity index (χ2v) is 5.17. The molecular weight excluding hydrogens is 316 g/mol. The number of rotatable bonds is 5. The normalized spacial score (nSPS) is 12.5. The van der Waals surface area contributed by atoms with Crippen molar-refractivity contribution in [1.29, 1.82) is 0 Å². The van der Waals surface area contributed by atoms with Crippen LogP contribution in [0.5, 0.6) is 0 Å². The average molecular weight is 326 g/mol. The number of carboxylic acids is 1. The van der Waals surface area contributed by atoms with Gasteiger partial charge in [0.1, 0.15) is 17.7 Å². The summed E-state index contributed by atoms with van der Waals surface area (Å²) in [5.41, 5.74) is 5.19. The summed E-state index contributed by atoms with van der Waals surface area (Å²) in [5.74, 6) is -2.31. The molecule has 0 bridgehead atoms. The Labute approximate surface area is 110 Å². The fourth-order valence-corrected chi connectivity index (χ4v) is 2.42. The molecule has 0 unspecified atom stereocenters. The number of hydrogen-bond acceptors (Lipinski definition) is 3. The SMILES string of the molecule is N[C@@H](CSCc1c(F)ccc(Br)c1F)C(=O)O. The lowest BCUT2D eigenvalue weighted by Crippen LogP contribution is -2.32. The van der Waals surface area contributed by atoms with E-state index in [2.05, 4.69) is 15.9 Å². The molecule has 3 nitrogen and oxygen atoms in total. The van der Waals surface area contributed by atoms with E-state index in [0.717, 1.165) is 17.8 Å². The van der Waals surface area contributed by atoms with E-state index in [9.17, 15) is 13.6 Å². The molecule has 0 aliphatic heterocycles. The van der Waals surface area contributed by atoms with Gasteiger partial charge in [-0.3, -0.25) is 4.79 Å². The van der Waals surface area contributed by atoms with Gasteiger partial charge in [-0.15, -0.1) is 0 Å². The van der Waals surface area contributed by atoms with Gasteiger partial charge in [0.25, 0.3) is 0 Å². The Hall–Kier alpha value is -0.660. The lowest BCUT2D eigenvalue weighted by Gasteiger charge is -2.08. The quantitative estimate of drug-likeness (QED) is 0.816. The Balaban J connectivity index is 2.64. The minimum atomic E-state index is -1.13. The molecule has 0 aliphatic carbocycles. The van der Waals surface area contributed by atoms with Gasteiger partial charge in [-0.2, -0.15) is 11.8 Å². The second kappa shape index (κ2) is 6.32. The first-order valence-electron chi connectivity index (χ1n) is 4.62. The van der Waals surface area contributed by atoms with E-state index in [0.29, 0.717) is 0 Å². The van der Waals surface area contributed by atoms with Crippen LogP contribution >= 0.6 is 27.7 Å². The molecule has 0 saturated carbocycles. The van der Waals surface area contributed by atoms with Crippen molar-refractivity contribution in [1.82, 2.24) is 0 Å². The van der Waals surface area contributed by atoms with Crippen LogP contribution in [0.4, 0.5) is 8.78 Å². The summed E-state index contributed by atoms with van der Waals surface area (Å²) < 4.78 is 27.0. The molecule has 0 aromatic heterocycles. The lowest BCUT2D eigenvalue weighted by molar-refractivity contribution is -0.137. The molecular formula is C10H10BrF2NO2S.